The van der Waals surface area contributed by atoms with Crippen LogP contribution in [-0.2, 0) is 11.3 Å². The van der Waals surface area contributed by atoms with Gasteiger partial charge in [-0.1, -0.05) is 6.07 Å². The molecule has 148 valence electrons. The zero-order chi connectivity index (χ0) is 18.1. The molecule has 0 radical (unpaired) electrons. The van der Waals surface area contributed by atoms with Gasteiger partial charge in [-0.05, 0) is 6.07 Å². The molecule has 0 aliphatic carbocycles. The molecule has 1 aliphatic heterocycles. The molecule has 2 N–H and O–H groups in total. The number of aliphatic hydroxyl groups excluding tert-OH is 1. The summed E-state index contributed by atoms with van der Waals surface area (Å²) in [7, 11) is 3.25. The normalized spacial score (nSPS) is 14.1. The van der Waals surface area contributed by atoms with E-state index < -0.39 is 0 Å². The minimum Gasteiger partial charge on any atom is -0.497 e. The standard InChI is InChI=1S/C18H29N3O4.ClH/c1-24-16-4-3-15(17(13-16)25-2)14-20(11-12-22)8-5-18(23)21-9-6-19-7-10-21;/h3-4,13,19,22H,5-12,14H2,1-2H3;1H. The molecule has 2 rings (SSSR count). The van der Waals surface area contributed by atoms with E-state index >= 15 is 0 Å². The highest BCUT2D eigenvalue weighted by atomic mass is 35.5. The van der Waals surface area contributed by atoms with Crippen molar-refractivity contribution >= 4 is 18.3 Å². The molecule has 0 atom stereocenters. The quantitative estimate of drug-likeness (QED) is 0.651. The average molecular weight is 388 g/mol. The third-order valence-electron chi connectivity index (χ3n) is 4.42. The number of nitrogens with zero attached hydrogens (tertiary/aromatic N) is 2. The molecule has 1 amide bonds. The van der Waals surface area contributed by atoms with E-state index in [1.54, 1.807) is 14.2 Å². The van der Waals surface area contributed by atoms with Crippen LogP contribution in [0, 0.1) is 0 Å². The van der Waals surface area contributed by atoms with Crippen molar-refractivity contribution in [2.45, 2.75) is 13.0 Å². The molecule has 26 heavy (non-hydrogen) atoms. The Bertz CT molecular complexity index is 553. The predicted molar refractivity (Wildman–Crippen MR) is 103 cm³/mol. The molecule has 1 heterocycles. The Hall–Kier alpha value is -1.54. The lowest BCUT2D eigenvalue weighted by Gasteiger charge is -2.29. The largest absolute Gasteiger partial charge is 0.497 e. The van der Waals surface area contributed by atoms with E-state index in [1.165, 1.54) is 0 Å². The molecule has 0 aromatic heterocycles. The van der Waals surface area contributed by atoms with Crippen molar-refractivity contribution in [2.75, 3.05) is 60.1 Å². The van der Waals surface area contributed by atoms with Gasteiger partial charge in [-0.15, -0.1) is 12.4 Å². The number of rotatable bonds is 9. The summed E-state index contributed by atoms with van der Waals surface area (Å²) in [4.78, 5) is 16.3. The molecule has 7 nitrogen and oxygen atoms in total. The van der Waals surface area contributed by atoms with Crippen LogP contribution in [0.15, 0.2) is 18.2 Å². The van der Waals surface area contributed by atoms with Gasteiger partial charge in [0.25, 0.3) is 0 Å². The van der Waals surface area contributed by atoms with Gasteiger partial charge in [-0.2, -0.15) is 0 Å². The molecule has 1 aromatic rings. The zero-order valence-corrected chi connectivity index (χ0v) is 16.4. The van der Waals surface area contributed by atoms with Gasteiger partial charge in [0.1, 0.15) is 11.5 Å². The first kappa shape index (κ1) is 22.5. The Kier molecular flexibility index (Phi) is 10.3. The SMILES string of the molecule is COc1ccc(CN(CCO)CCC(=O)N2CCNCC2)c(OC)c1.Cl. The Morgan fingerprint density at radius 2 is 1.96 bits per heavy atom. The van der Waals surface area contributed by atoms with Gasteiger partial charge in [-0.3, -0.25) is 9.69 Å². The lowest BCUT2D eigenvalue weighted by Crippen LogP contribution is -2.47. The van der Waals surface area contributed by atoms with Crippen molar-refractivity contribution in [3.63, 3.8) is 0 Å². The summed E-state index contributed by atoms with van der Waals surface area (Å²) in [5.74, 6) is 1.66. The van der Waals surface area contributed by atoms with Crippen LogP contribution in [0.1, 0.15) is 12.0 Å². The molecule has 0 bridgehead atoms. The van der Waals surface area contributed by atoms with Crippen LogP contribution in [0.2, 0.25) is 0 Å². The maximum absolute atomic E-state index is 12.3. The first-order chi connectivity index (χ1) is 12.2. The summed E-state index contributed by atoms with van der Waals surface area (Å²) in [5, 5.41) is 12.6. The van der Waals surface area contributed by atoms with E-state index in [0.717, 1.165) is 43.2 Å². The molecule has 1 saturated heterocycles. The highest BCUT2D eigenvalue weighted by molar-refractivity contribution is 5.85. The first-order valence-corrected chi connectivity index (χ1v) is 8.70. The number of hydrogen-bond donors (Lipinski definition) is 2. The van der Waals surface area contributed by atoms with Gasteiger partial charge in [0, 0.05) is 63.9 Å². The highest BCUT2D eigenvalue weighted by Crippen LogP contribution is 2.25. The number of aliphatic hydroxyl groups is 1. The molecule has 1 fully saturated rings. The van der Waals surface area contributed by atoms with Crippen molar-refractivity contribution in [3.05, 3.63) is 23.8 Å². The molecule has 1 aromatic carbocycles. The van der Waals surface area contributed by atoms with Crippen LogP contribution < -0.4 is 14.8 Å². The summed E-state index contributed by atoms with van der Waals surface area (Å²) in [5.41, 5.74) is 1.01. The van der Waals surface area contributed by atoms with Crippen LogP contribution >= 0.6 is 12.4 Å². The number of piperazine rings is 1. The molecule has 0 unspecified atom stereocenters. The van der Waals surface area contributed by atoms with E-state index in [2.05, 4.69) is 10.2 Å². The summed E-state index contributed by atoms with van der Waals surface area (Å²) in [6.07, 6.45) is 0.457. The Labute approximate surface area is 161 Å². The third-order valence-corrected chi connectivity index (χ3v) is 4.42. The minimum absolute atomic E-state index is 0. The second-order valence-electron chi connectivity index (χ2n) is 6.06. The average Bonchev–Trinajstić information content (AvgIpc) is 2.67. The Balaban J connectivity index is 0.00000338. The van der Waals surface area contributed by atoms with E-state index in [1.807, 2.05) is 23.1 Å². The maximum atomic E-state index is 12.3. The van der Waals surface area contributed by atoms with E-state index in [4.69, 9.17) is 9.47 Å². The van der Waals surface area contributed by atoms with E-state index in [0.29, 0.717) is 26.1 Å². The fourth-order valence-electron chi connectivity index (χ4n) is 2.96. The minimum atomic E-state index is 0. The number of hydrogen-bond acceptors (Lipinski definition) is 6. The summed E-state index contributed by atoms with van der Waals surface area (Å²) in [6, 6.07) is 5.69. The van der Waals surface area contributed by atoms with Crippen LogP contribution in [0.5, 0.6) is 11.5 Å². The van der Waals surface area contributed by atoms with Gasteiger partial charge in [0.05, 0.1) is 20.8 Å². The molecular formula is C18H30ClN3O4. The second-order valence-corrected chi connectivity index (χ2v) is 6.06. The number of carbonyl (C=O) groups excluding carboxylic acids is 1. The van der Waals surface area contributed by atoms with Crippen LogP contribution in [0.4, 0.5) is 0 Å². The summed E-state index contributed by atoms with van der Waals surface area (Å²) >= 11 is 0. The Morgan fingerprint density at radius 1 is 1.23 bits per heavy atom. The van der Waals surface area contributed by atoms with Crippen molar-refractivity contribution in [2.24, 2.45) is 0 Å². The number of amides is 1. The fourth-order valence-corrected chi connectivity index (χ4v) is 2.96. The number of carbonyl (C=O) groups is 1. The fraction of sp³-hybridized carbons (Fsp3) is 0.611. The Morgan fingerprint density at radius 3 is 2.58 bits per heavy atom. The lowest BCUT2D eigenvalue weighted by molar-refractivity contribution is -0.132. The van der Waals surface area contributed by atoms with E-state index in [-0.39, 0.29) is 24.9 Å². The van der Waals surface area contributed by atoms with Crippen molar-refractivity contribution in [1.82, 2.24) is 15.1 Å². The van der Waals surface area contributed by atoms with Gasteiger partial charge in [0.2, 0.25) is 5.91 Å². The zero-order valence-electron chi connectivity index (χ0n) is 15.6. The van der Waals surface area contributed by atoms with Crippen LogP contribution in [0.25, 0.3) is 0 Å². The molecule has 0 spiro atoms. The van der Waals surface area contributed by atoms with Crippen LogP contribution in [-0.4, -0.2) is 80.9 Å². The monoisotopic (exact) mass is 387 g/mol. The smallest absolute Gasteiger partial charge is 0.223 e. The first-order valence-electron chi connectivity index (χ1n) is 8.70. The van der Waals surface area contributed by atoms with Crippen molar-refractivity contribution in [3.8, 4) is 11.5 Å². The number of halogens is 1. The summed E-state index contributed by atoms with van der Waals surface area (Å²) in [6.45, 7) is 5.05. The van der Waals surface area contributed by atoms with Gasteiger partial charge in [0.15, 0.2) is 0 Å². The van der Waals surface area contributed by atoms with Gasteiger partial charge in [-0.25, -0.2) is 0 Å². The molecule has 0 saturated carbocycles. The number of ether oxygens (including phenoxy) is 2. The molecule has 8 heteroatoms. The predicted octanol–water partition coefficient (Wildman–Crippen LogP) is 0.742. The van der Waals surface area contributed by atoms with E-state index in [9.17, 15) is 9.90 Å². The third kappa shape index (κ3) is 6.64. The number of nitrogens with one attached hydrogen (secondary N) is 1. The second kappa shape index (κ2) is 12.0. The topological polar surface area (TPSA) is 74.3 Å². The summed E-state index contributed by atoms with van der Waals surface area (Å²) < 4.78 is 10.7. The molecular weight excluding hydrogens is 358 g/mol. The van der Waals surface area contributed by atoms with Crippen molar-refractivity contribution in [1.29, 1.82) is 0 Å². The van der Waals surface area contributed by atoms with Crippen molar-refractivity contribution < 1.29 is 19.4 Å². The lowest BCUT2D eigenvalue weighted by atomic mass is 10.1. The highest BCUT2D eigenvalue weighted by Gasteiger charge is 2.18. The molecule has 1 aliphatic rings. The maximum Gasteiger partial charge on any atom is 0.223 e. The number of methoxy groups -OCH3 is 2. The van der Waals surface area contributed by atoms with Gasteiger partial charge < -0.3 is 24.8 Å². The van der Waals surface area contributed by atoms with Gasteiger partial charge >= 0.3 is 0 Å². The number of benzene rings is 1. The van der Waals surface area contributed by atoms with Crippen LogP contribution in [0.3, 0.4) is 0 Å².